The van der Waals surface area contributed by atoms with E-state index >= 15 is 0 Å². The first-order valence-electron chi connectivity index (χ1n) is 11.2. The second-order valence-electron chi connectivity index (χ2n) is 8.24. The molecule has 0 aliphatic carbocycles. The molecule has 32 heavy (non-hydrogen) atoms. The van der Waals surface area contributed by atoms with Crippen LogP contribution in [0.15, 0.2) is 36.4 Å². The van der Waals surface area contributed by atoms with Gasteiger partial charge in [-0.05, 0) is 61.3 Å². The number of rotatable bonds is 7. The number of hydrogen-bond acceptors (Lipinski definition) is 6. The summed E-state index contributed by atoms with van der Waals surface area (Å²) in [6.07, 6.45) is 6.23. The minimum Gasteiger partial charge on any atom is -0.355 e. The molecule has 172 valence electrons. The molecule has 1 aromatic heterocycles. The second-order valence-corrected chi connectivity index (χ2v) is 10.8. The summed E-state index contributed by atoms with van der Waals surface area (Å²) in [5.74, 6) is 0.861. The quantitative estimate of drug-likeness (QED) is 0.561. The Balaban J connectivity index is 1.46. The first-order valence-corrected chi connectivity index (χ1v) is 13.0. The van der Waals surface area contributed by atoms with Crippen LogP contribution in [0.5, 0.6) is 0 Å². The Bertz CT molecular complexity index is 916. The van der Waals surface area contributed by atoms with Crippen LogP contribution in [0.2, 0.25) is 0 Å². The summed E-state index contributed by atoms with van der Waals surface area (Å²) in [5, 5.41) is 2.65. The summed E-state index contributed by atoms with van der Waals surface area (Å²) in [6.45, 7) is 0.683. The largest absolute Gasteiger partial charge is 0.355 e. The topological polar surface area (TPSA) is 76.7 Å². The number of hydroxylamine groups is 1. The maximum atomic E-state index is 12.8. The van der Waals surface area contributed by atoms with Gasteiger partial charge in [0, 0.05) is 41.8 Å². The fraction of sp³-hybridized carbons (Fsp3) is 0.500. The van der Waals surface area contributed by atoms with Gasteiger partial charge in [-0.25, -0.2) is 10.3 Å². The lowest BCUT2D eigenvalue weighted by Crippen LogP contribution is -2.37. The highest BCUT2D eigenvalue weighted by molar-refractivity contribution is 8.00. The van der Waals surface area contributed by atoms with Gasteiger partial charge in [-0.15, -0.1) is 23.1 Å². The number of carbonyl (C=O) groups is 2. The van der Waals surface area contributed by atoms with E-state index in [1.54, 1.807) is 18.4 Å². The highest BCUT2D eigenvalue weighted by Crippen LogP contribution is 2.50. The molecule has 2 amide bonds. The lowest BCUT2D eigenvalue weighted by atomic mass is 9.94. The molecule has 1 aromatic carbocycles. The maximum Gasteiger partial charge on any atom is 0.251 e. The Kier molecular flexibility index (Phi) is 7.88. The second kappa shape index (κ2) is 10.8. The van der Waals surface area contributed by atoms with E-state index in [-0.39, 0.29) is 22.9 Å². The number of carbonyl (C=O) groups excluding carboxylic acids is 2. The van der Waals surface area contributed by atoms with Gasteiger partial charge in [0.05, 0.1) is 4.75 Å². The van der Waals surface area contributed by atoms with Crippen molar-refractivity contribution in [3.63, 3.8) is 0 Å². The van der Waals surface area contributed by atoms with Gasteiger partial charge in [0.1, 0.15) is 0 Å². The summed E-state index contributed by atoms with van der Waals surface area (Å²) < 4.78 is 5.31. The predicted octanol–water partition coefficient (Wildman–Crippen LogP) is 4.85. The van der Waals surface area contributed by atoms with Gasteiger partial charge < -0.3 is 10.1 Å². The van der Waals surface area contributed by atoms with Crippen LogP contribution in [0.3, 0.4) is 0 Å². The van der Waals surface area contributed by atoms with Gasteiger partial charge in [-0.3, -0.25) is 9.59 Å². The Morgan fingerprint density at radius 3 is 2.66 bits per heavy atom. The molecule has 8 heteroatoms. The van der Waals surface area contributed by atoms with Crippen molar-refractivity contribution in [2.45, 2.75) is 56.0 Å². The van der Waals surface area contributed by atoms with Crippen molar-refractivity contribution in [2.24, 2.45) is 0 Å². The van der Waals surface area contributed by atoms with Gasteiger partial charge in [0.15, 0.2) is 6.29 Å². The molecule has 0 spiro atoms. The van der Waals surface area contributed by atoms with Crippen LogP contribution in [0.1, 0.15) is 60.2 Å². The van der Waals surface area contributed by atoms with E-state index in [4.69, 9.17) is 9.57 Å². The van der Waals surface area contributed by atoms with Crippen LogP contribution in [0.25, 0.3) is 10.4 Å². The monoisotopic (exact) mass is 474 g/mol. The summed E-state index contributed by atoms with van der Waals surface area (Å²) in [6, 6.07) is 11.9. The van der Waals surface area contributed by atoms with E-state index in [2.05, 4.69) is 22.9 Å². The Labute approximate surface area is 197 Å². The third kappa shape index (κ3) is 5.54. The Hall–Kier alpha value is -1.87. The Morgan fingerprint density at radius 1 is 1.12 bits per heavy atom. The molecule has 0 radical (unpaired) electrons. The number of ether oxygens (including phenoxy) is 1. The van der Waals surface area contributed by atoms with Crippen LogP contribution in [0, 0.1) is 0 Å². The minimum atomic E-state index is -0.339. The SMILES string of the molecule is CNC(=O)c1ccc(-c2ccc([C@@]3(CC(=O)NOC4CCCCO4)CCCCS3)s2)cc1. The predicted molar refractivity (Wildman–Crippen MR) is 129 cm³/mol. The Morgan fingerprint density at radius 2 is 1.97 bits per heavy atom. The molecule has 2 aliphatic rings. The van der Waals surface area contributed by atoms with Crippen molar-refractivity contribution < 1.29 is 19.2 Å². The number of thiophene rings is 1. The highest BCUT2D eigenvalue weighted by atomic mass is 32.2. The minimum absolute atomic E-state index is 0.0900. The molecule has 0 bridgehead atoms. The van der Waals surface area contributed by atoms with Crippen molar-refractivity contribution in [3.05, 3.63) is 46.8 Å². The van der Waals surface area contributed by atoms with E-state index in [9.17, 15) is 9.59 Å². The van der Waals surface area contributed by atoms with E-state index in [1.807, 2.05) is 36.0 Å². The molecule has 6 nitrogen and oxygen atoms in total. The normalized spacial score (nSPS) is 23.5. The van der Waals surface area contributed by atoms with Crippen molar-refractivity contribution >= 4 is 34.9 Å². The maximum absolute atomic E-state index is 12.8. The van der Waals surface area contributed by atoms with Crippen molar-refractivity contribution in [3.8, 4) is 10.4 Å². The highest BCUT2D eigenvalue weighted by Gasteiger charge is 2.38. The number of benzene rings is 1. The molecule has 2 fully saturated rings. The van der Waals surface area contributed by atoms with Crippen molar-refractivity contribution in [1.29, 1.82) is 0 Å². The lowest BCUT2D eigenvalue weighted by Gasteiger charge is -2.35. The van der Waals surface area contributed by atoms with Crippen LogP contribution in [-0.2, 0) is 19.1 Å². The van der Waals surface area contributed by atoms with Crippen molar-refractivity contribution in [2.75, 3.05) is 19.4 Å². The molecule has 3 heterocycles. The molecule has 2 N–H and O–H groups in total. The van der Waals surface area contributed by atoms with Crippen molar-refractivity contribution in [1.82, 2.24) is 10.8 Å². The zero-order valence-corrected chi connectivity index (χ0v) is 20.0. The molecule has 4 rings (SSSR count). The van der Waals surface area contributed by atoms with E-state index < -0.39 is 0 Å². The standard InChI is InChI=1S/C24H30N2O4S2/c1-25-23(28)18-9-7-17(8-10-18)19-11-12-20(32-19)24(13-3-5-15-31-24)16-21(27)26-30-22-6-2-4-14-29-22/h7-12,22H,2-6,13-16H2,1H3,(H,25,28)(H,26,27)/t22?,24-/m0/s1. The molecular formula is C24H30N2O4S2. The first kappa shape index (κ1) is 23.3. The zero-order chi connectivity index (χ0) is 22.4. The fourth-order valence-electron chi connectivity index (χ4n) is 4.17. The third-order valence-corrected chi connectivity index (χ3v) is 9.04. The summed E-state index contributed by atoms with van der Waals surface area (Å²) in [5.41, 5.74) is 4.36. The zero-order valence-electron chi connectivity index (χ0n) is 18.4. The lowest BCUT2D eigenvalue weighted by molar-refractivity contribution is -0.200. The molecule has 2 aromatic rings. The van der Waals surface area contributed by atoms with Crippen LogP contribution < -0.4 is 10.8 Å². The average Bonchev–Trinajstić information content (AvgIpc) is 3.35. The van der Waals surface area contributed by atoms with Crippen LogP contribution >= 0.6 is 23.1 Å². The molecule has 2 saturated heterocycles. The number of amides is 2. The van der Waals surface area contributed by atoms with Gasteiger partial charge in [-0.2, -0.15) is 0 Å². The number of hydrogen-bond donors (Lipinski definition) is 2. The van der Waals surface area contributed by atoms with E-state index in [0.717, 1.165) is 48.3 Å². The molecule has 0 saturated carbocycles. The van der Waals surface area contributed by atoms with Gasteiger partial charge in [0.25, 0.3) is 5.91 Å². The fourth-order valence-corrected chi connectivity index (χ4v) is 7.07. The molecule has 1 unspecified atom stereocenters. The van der Waals surface area contributed by atoms with Crippen LogP contribution in [0.4, 0.5) is 0 Å². The summed E-state index contributed by atoms with van der Waals surface area (Å²) >= 11 is 3.61. The van der Waals surface area contributed by atoms with Gasteiger partial charge in [0.2, 0.25) is 5.91 Å². The van der Waals surface area contributed by atoms with E-state index in [0.29, 0.717) is 18.6 Å². The van der Waals surface area contributed by atoms with Gasteiger partial charge >= 0.3 is 0 Å². The number of nitrogens with one attached hydrogen (secondary N) is 2. The summed E-state index contributed by atoms with van der Waals surface area (Å²) in [4.78, 5) is 32.5. The smallest absolute Gasteiger partial charge is 0.251 e. The van der Waals surface area contributed by atoms with Crippen LogP contribution in [-0.4, -0.2) is 37.5 Å². The molecular weight excluding hydrogens is 444 g/mol. The molecule has 2 atom stereocenters. The van der Waals surface area contributed by atoms with Gasteiger partial charge in [-0.1, -0.05) is 18.6 Å². The first-order chi connectivity index (χ1) is 15.6. The molecule has 2 aliphatic heterocycles. The average molecular weight is 475 g/mol. The third-order valence-electron chi connectivity index (χ3n) is 5.96. The summed E-state index contributed by atoms with van der Waals surface area (Å²) in [7, 11) is 1.63. The number of thioether (sulfide) groups is 1. The van der Waals surface area contributed by atoms with E-state index in [1.165, 1.54) is 11.3 Å².